The highest BCUT2D eigenvalue weighted by atomic mass is 16.4. The number of carbonyl (C=O) groups is 2. The fraction of sp³-hybridized carbons (Fsp3) is 0.667. The molecular formula is C12H20N2O3. The summed E-state index contributed by atoms with van der Waals surface area (Å²) >= 11 is 0. The van der Waals surface area contributed by atoms with E-state index in [1.165, 1.54) is 0 Å². The second-order valence-electron chi connectivity index (χ2n) is 4.42. The van der Waals surface area contributed by atoms with Crippen LogP contribution in [0.1, 0.15) is 20.3 Å². The maximum Gasteiger partial charge on any atom is 0.308 e. The Morgan fingerprint density at radius 3 is 2.76 bits per heavy atom. The normalized spacial score (nSPS) is 26.5. The molecule has 1 rings (SSSR count). The number of carboxylic acid groups (broad SMARTS) is 1. The lowest BCUT2D eigenvalue weighted by atomic mass is 10.0. The molecule has 1 aliphatic rings. The lowest BCUT2D eigenvalue weighted by molar-refractivity contribution is -0.143. The summed E-state index contributed by atoms with van der Waals surface area (Å²) < 4.78 is 0. The molecule has 2 N–H and O–H groups in total. The van der Waals surface area contributed by atoms with E-state index in [-0.39, 0.29) is 23.9 Å². The van der Waals surface area contributed by atoms with Crippen molar-refractivity contribution in [3.8, 4) is 0 Å². The Hall–Kier alpha value is -1.36. The predicted molar refractivity (Wildman–Crippen MR) is 64.6 cm³/mol. The Kier molecular flexibility index (Phi) is 4.69. The first kappa shape index (κ1) is 13.7. The van der Waals surface area contributed by atoms with Crippen molar-refractivity contribution in [1.82, 2.24) is 10.2 Å². The molecule has 0 spiro atoms. The van der Waals surface area contributed by atoms with Gasteiger partial charge in [-0.3, -0.25) is 14.5 Å². The largest absolute Gasteiger partial charge is 0.481 e. The number of nitrogens with one attached hydrogen (secondary N) is 1. The highest BCUT2D eigenvalue weighted by Crippen LogP contribution is 2.26. The first-order chi connectivity index (χ1) is 7.99. The number of likely N-dealkylation sites (tertiary alicyclic amines) is 1. The first-order valence-corrected chi connectivity index (χ1v) is 5.86. The molecule has 0 bridgehead atoms. The highest BCUT2D eigenvalue weighted by molar-refractivity contribution is 5.81. The zero-order valence-corrected chi connectivity index (χ0v) is 10.3. The quantitative estimate of drug-likeness (QED) is 0.685. The minimum Gasteiger partial charge on any atom is -0.481 e. The number of rotatable bonds is 5. The van der Waals surface area contributed by atoms with Gasteiger partial charge in [-0.15, -0.1) is 6.58 Å². The summed E-state index contributed by atoms with van der Waals surface area (Å²) in [6, 6.07) is -0.397. The molecule has 17 heavy (non-hydrogen) atoms. The second kappa shape index (κ2) is 5.82. The van der Waals surface area contributed by atoms with Gasteiger partial charge in [0.15, 0.2) is 0 Å². The van der Waals surface area contributed by atoms with Crippen LogP contribution in [0.15, 0.2) is 12.7 Å². The maximum absolute atomic E-state index is 11.8. The topological polar surface area (TPSA) is 69.6 Å². The molecule has 1 fully saturated rings. The van der Waals surface area contributed by atoms with Gasteiger partial charge < -0.3 is 10.4 Å². The lowest BCUT2D eigenvalue weighted by Crippen LogP contribution is -2.47. The Labute approximate surface area is 101 Å². The smallest absolute Gasteiger partial charge is 0.308 e. The first-order valence-electron chi connectivity index (χ1n) is 5.86. The van der Waals surface area contributed by atoms with Gasteiger partial charge in [0, 0.05) is 19.1 Å². The van der Waals surface area contributed by atoms with Crippen molar-refractivity contribution >= 4 is 11.9 Å². The molecule has 3 atom stereocenters. The zero-order chi connectivity index (χ0) is 13.0. The predicted octanol–water partition coefficient (Wildman–Crippen LogP) is 0.472. The molecule has 0 aromatic heterocycles. The van der Waals surface area contributed by atoms with Crippen molar-refractivity contribution in [1.29, 1.82) is 0 Å². The van der Waals surface area contributed by atoms with Crippen LogP contribution in [0.5, 0.6) is 0 Å². The van der Waals surface area contributed by atoms with Crippen LogP contribution in [-0.4, -0.2) is 47.1 Å². The lowest BCUT2D eigenvalue weighted by Gasteiger charge is -2.28. The van der Waals surface area contributed by atoms with E-state index < -0.39 is 5.97 Å². The molecule has 5 nitrogen and oxygen atoms in total. The van der Waals surface area contributed by atoms with Gasteiger partial charge >= 0.3 is 5.97 Å². The third-order valence-corrected chi connectivity index (χ3v) is 3.42. The molecule has 0 saturated carbocycles. The number of hydrogen-bond donors (Lipinski definition) is 2. The molecule has 1 aliphatic heterocycles. The van der Waals surface area contributed by atoms with Crippen LogP contribution in [0.2, 0.25) is 0 Å². The Morgan fingerprint density at radius 1 is 1.65 bits per heavy atom. The van der Waals surface area contributed by atoms with Crippen LogP contribution in [0.3, 0.4) is 0 Å². The molecule has 96 valence electrons. The van der Waals surface area contributed by atoms with E-state index in [4.69, 9.17) is 5.11 Å². The van der Waals surface area contributed by atoms with Crippen LogP contribution < -0.4 is 5.32 Å². The summed E-state index contributed by atoms with van der Waals surface area (Å²) in [5.41, 5.74) is 0. The van der Waals surface area contributed by atoms with Crippen molar-refractivity contribution in [2.45, 2.75) is 32.4 Å². The summed E-state index contributed by atoms with van der Waals surface area (Å²) in [6.45, 7) is 8.29. The molecule has 0 radical (unpaired) electrons. The van der Waals surface area contributed by atoms with Gasteiger partial charge in [0.05, 0.1) is 12.0 Å². The number of carbonyl (C=O) groups excluding carboxylic acids is 1. The maximum atomic E-state index is 11.8. The van der Waals surface area contributed by atoms with Crippen LogP contribution in [0, 0.1) is 5.92 Å². The van der Waals surface area contributed by atoms with Gasteiger partial charge in [-0.1, -0.05) is 6.08 Å². The fourth-order valence-electron chi connectivity index (χ4n) is 2.31. The number of carboxylic acids is 1. The number of aliphatic carboxylic acids is 1. The van der Waals surface area contributed by atoms with Gasteiger partial charge in [-0.25, -0.2) is 0 Å². The Bertz CT molecular complexity index is 317. The van der Waals surface area contributed by atoms with Crippen molar-refractivity contribution in [2.75, 3.05) is 13.1 Å². The van der Waals surface area contributed by atoms with Gasteiger partial charge in [0.25, 0.3) is 0 Å². The standard InChI is InChI=1S/C12H20N2O3/c1-4-6-13-11(15)9(3)14-7-5-10(8(14)2)12(16)17/h4,8-10H,1,5-7H2,2-3H3,(H,13,15)(H,16,17). The van der Waals surface area contributed by atoms with E-state index in [0.717, 1.165) is 0 Å². The highest BCUT2D eigenvalue weighted by Gasteiger charge is 2.39. The Morgan fingerprint density at radius 2 is 2.29 bits per heavy atom. The van der Waals surface area contributed by atoms with E-state index in [9.17, 15) is 9.59 Å². The van der Waals surface area contributed by atoms with Crippen LogP contribution in [-0.2, 0) is 9.59 Å². The van der Waals surface area contributed by atoms with Crippen molar-refractivity contribution in [3.05, 3.63) is 12.7 Å². The van der Waals surface area contributed by atoms with Gasteiger partial charge in [-0.05, 0) is 20.3 Å². The van der Waals surface area contributed by atoms with E-state index >= 15 is 0 Å². The molecule has 3 unspecified atom stereocenters. The average molecular weight is 240 g/mol. The number of nitrogens with zero attached hydrogens (tertiary/aromatic N) is 1. The van der Waals surface area contributed by atoms with Crippen molar-refractivity contribution in [3.63, 3.8) is 0 Å². The minimum absolute atomic E-state index is 0.0808. The molecule has 1 amide bonds. The fourth-order valence-corrected chi connectivity index (χ4v) is 2.31. The van der Waals surface area contributed by atoms with E-state index in [1.54, 1.807) is 13.0 Å². The van der Waals surface area contributed by atoms with Gasteiger partial charge in [-0.2, -0.15) is 0 Å². The molecule has 1 saturated heterocycles. The van der Waals surface area contributed by atoms with Gasteiger partial charge in [0.1, 0.15) is 0 Å². The van der Waals surface area contributed by atoms with Crippen molar-refractivity contribution < 1.29 is 14.7 Å². The molecule has 0 aliphatic carbocycles. The van der Waals surface area contributed by atoms with E-state index in [2.05, 4.69) is 11.9 Å². The molecule has 0 aromatic carbocycles. The molecular weight excluding hydrogens is 220 g/mol. The van der Waals surface area contributed by atoms with Crippen LogP contribution in [0.4, 0.5) is 0 Å². The molecule has 0 aromatic rings. The third kappa shape index (κ3) is 3.06. The number of amides is 1. The summed E-state index contributed by atoms with van der Waals surface area (Å²) in [5.74, 6) is -1.23. The van der Waals surface area contributed by atoms with Crippen LogP contribution in [0.25, 0.3) is 0 Å². The Balaban J connectivity index is 2.59. The molecule has 5 heteroatoms. The van der Waals surface area contributed by atoms with Crippen molar-refractivity contribution in [2.24, 2.45) is 5.92 Å². The third-order valence-electron chi connectivity index (χ3n) is 3.42. The van der Waals surface area contributed by atoms with Gasteiger partial charge in [0.2, 0.25) is 5.91 Å². The summed E-state index contributed by atoms with van der Waals surface area (Å²) in [7, 11) is 0. The number of hydrogen-bond acceptors (Lipinski definition) is 3. The second-order valence-corrected chi connectivity index (χ2v) is 4.42. The summed E-state index contributed by atoms with van der Waals surface area (Å²) in [6.07, 6.45) is 2.23. The SMILES string of the molecule is C=CCNC(=O)C(C)N1CCC(C(=O)O)C1C. The summed E-state index contributed by atoms with van der Waals surface area (Å²) in [5, 5.41) is 11.8. The molecule has 1 heterocycles. The van der Waals surface area contributed by atoms with E-state index in [1.807, 2.05) is 11.8 Å². The zero-order valence-electron chi connectivity index (χ0n) is 10.3. The van der Waals surface area contributed by atoms with E-state index in [0.29, 0.717) is 19.5 Å². The van der Waals surface area contributed by atoms with Crippen LogP contribution >= 0.6 is 0 Å². The minimum atomic E-state index is -0.779. The summed E-state index contributed by atoms with van der Waals surface area (Å²) in [4.78, 5) is 24.7. The monoisotopic (exact) mass is 240 g/mol. The average Bonchev–Trinajstić information content (AvgIpc) is 2.67.